The lowest BCUT2D eigenvalue weighted by Crippen LogP contribution is -2.38. The molecule has 2 atom stereocenters. The average molecular weight is 372 g/mol. The molecule has 0 radical (unpaired) electrons. The van der Waals surface area contributed by atoms with Gasteiger partial charge in [0.25, 0.3) is 0 Å². The summed E-state index contributed by atoms with van der Waals surface area (Å²) in [5, 5.41) is 0. The van der Waals surface area contributed by atoms with E-state index in [2.05, 4.69) is 6.92 Å². The molecule has 1 aliphatic rings. The van der Waals surface area contributed by atoms with Crippen LogP contribution in [0.15, 0.2) is 30.3 Å². The van der Waals surface area contributed by atoms with Gasteiger partial charge in [-0.05, 0) is 18.9 Å². The molecule has 0 aromatic heterocycles. The van der Waals surface area contributed by atoms with Crippen LogP contribution in [0.4, 0.5) is 0 Å². The lowest BCUT2D eigenvalue weighted by Gasteiger charge is -2.23. The van der Waals surface area contributed by atoms with Gasteiger partial charge >= 0.3 is 0 Å². The van der Waals surface area contributed by atoms with Gasteiger partial charge < -0.3 is 4.90 Å². The second-order valence-electron chi connectivity index (χ2n) is 7.66. The summed E-state index contributed by atoms with van der Waals surface area (Å²) in [6.07, 6.45) is 9.98. The highest BCUT2D eigenvalue weighted by Crippen LogP contribution is 2.26. The van der Waals surface area contributed by atoms with Crippen molar-refractivity contribution in [3.8, 4) is 0 Å². The number of likely N-dealkylation sites (tertiary alicyclic amines) is 1. The Kier molecular flexibility index (Phi) is 8.70. The van der Waals surface area contributed by atoms with Crippen molar-refractivity contribution >= 4 is 17.5 Å². The first kappa shape index (κ1) is 21.3. The molecule has 1 heterocycles. The highest BCUT2D eigenvalue weighted by Gasteiger charge is 2.48. The molecule has 1 aromatic rings. The van der Waals surface area contributed by atoms with E-state index >= 15 is 0 Å². The highest BCUT2D eigenvalue weighted by atomic mass is 16.2. The van der Waals surface area contributed by atoms with E-state index < -0.39 is 12.0 Å². The molecule has 0 bridgehead atoms. The Balaban J connectivity index is 1.90. The summed E-state index contributed by atoms with van der Waals surface area (Å²) in [5.41, 5.74) is 1.02. The van der Waals surface area contributed by atoms with Crippen molar-refractivity contribution in [2.45, 2.75) is 77.7 Å². The number of rotatable bonds is 12. The summed E-state index contributed by atoms with van der Waals surface area (Å²) >= 11 is 0. The normalized spacial score (nSPS) is 19.7. The zero-order valence-electron chi connectivity index (χ0n) is 16.8. The first-order chi connectivity index (χ1) is 13.1. The number of unbranched alkanes of at least 4 members (excludes halogenated alkanes) is 7. The van der Waals surface area contributed by atoms with Crippen molar-refractivity contribution in [2.24, 2.45) is 5.92 Å². The van der Waals surface area contributed by atoms with Crippen LogP contribution >= 0.6 is 0 Å². The van der Waals surface area contributed by atoms with E-state index in [1.165, 1.54) is 45.4 Å². The fourth-order valence-electron chi connectivity index (χ4n) is 3.89. The molecule has 0 spiro atoms. The molecule has 2 rings (SSSR count). The minimum Gasteiger partial charge on any atom is -0.331 e. The molecule has 1 aliphatic heterocycles. The summed E-state index contributed by atoms with van der Waals surface area (Å²) in [7, 11) is 0. The van der Waals surface area contributed by atoms with Crippen molar-refractivity contribution in [1.29, 1.82) is 0 Å². The molecular formula is C23H33NO3. The Labute approximate surface area is 163 Å². The third-order valence-electron chi connectivity index (χ3n) is 5.45. The maximum Gasteiger partial charge on any atom is 0.241 e. The average Bonchev–Trinajstić information content (AvgIpc) is 2.88. The van der Waals surface area contributed by atoms with Gasteiger partial charge in [-0.2, -0.15) is 0 Å². The lowest BCUT2D eigenvalue weighted by molar-refractivity contribution is -0.138. The predicted octanol–water partition coefficient (Wildman–Crippen LogP) is 4.35. The number of carbonyl (C=O) groups is 3. The number of amides is 1. The summed E-state index contributed by atoms with van der Waals surface area (Å²) in [6.45, 7) is 4.13. The molecular weight excluding hydrogens is 338 g/mol. The third kappa shape index (κ3) is 6.02. The van der Waals surface area contributed by atoms with Gasteiger partial charge in [0.15, 0.2) is 11.7 Å². The van der Waals surface area contributed by atoms with Crippen LogP contribution in [0.3, 0.4) is 0 Å². The zero-order valence-corrected chi connectivity index (χ0v) is 16.8. The smallest absolute Gasteiger partial charge is 0.241 e. The first-order valence-corrected chi connectivity index (χ1v) is 10.4. The summed E-state index contributed by atoms with van der Waals surface area (Å²) in [4.78, 5) is 38.9. The first-order valence-electron chi connectivity index (χ1n) is 10.4. The number of hydrogen-bond donors (Lipinski definition) is 0. The molecule has 1 fully saturated rings. The summed E-state index contributed by atoms with van der Waals surface area (Å²) < 4.78 is 0. The van der Waals surface area contributed by atoms with Gasteiger partial charge in [0, 0.05) is 13.0 Å². The van der Waals surface area contributed by atoms with Crippen LogP contribution in [0.1, 0.15) is 70.8 Å². The molecule has 1 saturated heterocycles. The Morgan fingerprint density at radius 3 is 2.11 bits per heavy atom. The number of nitrogens with zero attached hydrogens (tertiary/aromatic N) is 1. The van der Waals surface area contributed by atoms with Gasteiger partial charge in [0.2, 0.25) is 5.91 Å². The Morgan fingerprint density at radius 2 is 1.52 bits per heavy atom. The predicted molar refractivity (Wildman–Crippen MR) is 107 cm³/mol. The zero-order chi connectivity index (χ0) is 19.6. The maximum atomic E-state index is 12.7. The van der Waals surface area contributed by atoms with Gasteiger partial charge in [-0.25, -0.2) is 0 Å². The van der Waals surface area contributed by atoms with E-state index in [0.29, 0.717) is 13.0 Å². The fraction of sp³-hybridized carbons (Fsp3) is 0.609. The van der Waals surface area contributed by atoms with E-state index in [9.17, 15) is 14.4 Å². The van der Waals surface area contributed by atoms with Crippen LogP contribution in [0, 0.1) is 5.92 Å². The molecule has 0 N–H and O–H groups in total. The second-order valence-corrected chi connectivity index (χ2v) is 7.66. The van der Waals surface area contributed by atoms with Crippen LogP contribution in [-0.4, -0.2) is 35.0 Å². The lowest BCUT2D eigenvalue weighted by atomic mass is 9.96. The summed E-state index contributed by atoms with van der Waals surface area (Å²) in [6, 6.07) is 9.23. The van der Waals surface area contributed by atoms with Crippen LogP contribution in [0.5, 0.6) is 0 Å². The molecule has 4 nitrogen and oxygen atoms in total. The van der Waals surface area contributed by atoms with Gasteiger partial charge in [0.1, 0.15) is 5.78 Å². The van der Waals surface area contributed by atoms with Crippen LogP contribution in [0.25, 0.3) is 0 Å². The number of benzene rings is 1. The van der Waals surface area contributed by atoms with E-state index in [0.717, 1.165) is 18.4 Å². The third-order valence-corrected chi connectivity index (χ3v) is 5.45. The standard InChI is InChI=1S/C23H33NO3/c1-3-4-5-6-7-8-9-13-16-24-20(17-19-14-11-10-12-15-19)22(26)21(18(2)25)23(24)27/h10-12,14-15,20-21H,3-9,13,16-17H2,1-2H3/t20-,21?/m0/s1. The fourth-order valence-corrected chi connectivity index (χ4v) is 3.89. The number of Topliss-reactive ketones (excluding diaryl/α,β-unsaturated/α-hetero) is 2. The molecule has 1 unspecified atom stereocenters. The highest BCUT2D eigenvalue weighted by molar-refractivity contribution is 6.23. The maximum absolute atomic E-state index is 12.7. The van der Waals surface area contributed by atoms with Crippen molar-refractivity contribution in [1.82, 2.24) is 4.90 Å². The molecule has 27 heavy (non-hydrogen) atoms. The largest absolute Gasteiger partial charge is 0.331 e. The van der Waals surface area contributed by atoms with Gasteiger partial charge in [0.05, 0.1) is 6.04 Å². The molecule has 4 heteroatoms. The monoisotopic (exact) mass is 371 g/mol. The Bertz CT molecular complexity index is 626. The molecule has 1 amide bonds. The Hall–Kier alpha value is -1.97. The Morgan fingerprint density at radius 1 is 0.926 bits per heavy atom. The number of carbonyl (C=O) groups excluding carboxylic acids is 3. The molecule has 0 saturated carbocycles. The van der Waals surface area contributed by atoms with E-state index in [4.69, 9.17) is 0 Å². The van der Waals surface area contributed by atoms with E-state index in [1.54, 1.807) is 4.90 Å². The minimum absolute atomic E-state index is 0.226. The van der Waals surface area contributed by atoms with Crippen LogP contribution in [0.2, 0.25) is 0 Å². The number of ketones is 2. The van der Waals surface area contributed by atoms with Crippen LogP contribution in [-0.2, 0) is 20.8 Å². The van der Waals surface area contributed by atoms with Gasteiger partial charge in [-0.3, -0.25) is 14.4 Å². The molecule has 148 valence electrons. The molecule has 1 aromatic carbocycles. The van der Waals surface area contributed by atoms with Crippen molar-refractivity contribution in [3.63, 3.8) is 0 Å². The molecule has 0 aliphatic carbocycles. The second kappa shape index (κ2) is 11.0. The summed E-state index contributed by atoms with van der Waals surface area (Å²) in [5.74, 6) is -1.94. The SMILES string of the molecule is CCCCCCCCCCN1C(=O)C(C(C)=O)C(=O)[C@@H]1Cc1ccccc1. The van der Waals surface area contributed by atoms with Gasteiger partial charge in [-0.15, -0.1) is 0 Å². The quantitative estimate of drug-likeness (QED) is 0.405. The van der Waals surface area contributed by atoms with Crippen LogP contribution < -0.4 is 0 Å². The number of hydrogen-bond acceptors (Lipinski definition) is 3. The van der Waals surface area contributed by atoms with E-state index in [1.807, 2.05) is 30.3 Å². The minimum atomic E-state index is -1.09. The van der Waals surface area contributed by atoms with Crippen molar-refractivity contribution < 1.29 is 14.4 Å². The van der Waals surface area contributed by atoms with Crippen molar-refractivity contribution in [3.05, 3.63) is 35.9 Å². The van der Waals surface area contributed by atoms with Gasteiger partial charge in [-0.1, -0.05) is 82.2 Å². The van der Waals surface area contributed by atoms with E-state index in [-0.39, 0.29) is 17.5 Å². The van der Waals surface area contributed by atoms with Crippen molar-refractivity contribution in [2.75, 3.05) is 6.54 Å². The topological polar surface area (TPSA) is 54.5 Å².